The Morgan fingerprint density at radius 2 is 2.06 bits per heavy atom. The standard InChI is InChI=1S/C36H36F3N9O3/c1-4-24-27(38)7-6-20-12-23(49)14-25(29(20)24)31-30(39)32-26(17-41-31)33(42-16-22-13-28(34(50)46(2)3)48(45-22)11-9-40)44-35(43-32)51-19-36-8-5-10-47(36)18-21(37)15-36/h6-7,12-14,17,21,49H,4-5,8,10-11,15-16,18-19H2,1-3H3,(H,42,43,44)/t21-,36+/m1/s1. The van der Waals surface area contributed by atoms with E-state index in [1.807, 2.05) is 6.07 Å². The highest BCUT2D eigenvalue weighted by Crippen LogP contribution is 2.41. The van der Waals surface area contributed by atoms with E-state index in [9.17, 15) is 23.9 Å². The van der Waals surface area contributed by atoms with Crippen molar-refractivity contribution in [2.45, 2.75) is 57.4 Å². The highest BCUT2D eigenvalue weighted by molar-refractivity contribution is 6.01. The molecule has 0 radical (unpaired) electrons. The Balaban J connectivity index is 1.32. The number of nitrogens with one attached hydrogen (secondary N) is 1. The number of benzene rings is 2. The van der Waals surface area contributed by atoms with Crippen molar-refractivity contribution in [3.8, 4) is 29.1 Å². The highest BCUT2D eigenvalue weighted by Gasteiger charge is 2.49. The Labute approximate surface area is 291 Å². The number of nitrogens with zero attached hydrogens (tertiary/aromatic N) is 8. The number of fused-ring (bicyclic) bond motifs is 3. The van der Waals surface area contributed by atoms with Gasteiger partial charge in [-0.3, -0.25) is 14.7 Å². The molecule has 0 bridgehead atoms. The van der Waals surface area contributed by atoms with Crippen LogP contribution in [-0.4, -0.2) is 91.0 Å². The summed E-state index contributed by atoms with van der Waals surface area (Å²) in [5.41, 5.74) is 0.358. The Morgan fingerprint density at radius 1 is 1.24 bits per heavy atom. The van der Waals surface area contributed by atoms with Crippen molar-refractivity contribution in [3.63, 3.8) is 0 Å². The molecule has 264 valence electrons. The topological polar surface area (TPSA) is 145 Å². The Bertz CT molecular complexity index is 2220. The van der Waals surface area contributed by atoms with Crippen molar-refractivity contribution >= 4 is 33.4 Å². The number of hydrogen-bond donors (Lipinski definition) is 2. The smallest absolute Gasteiger partial charge is 0.319 e. The molecule has 51 heavy (non-hydrogen) atoms. The molecule has 2 aromatic carbocycles. The zero-order chi connectivity index (χ0) is 36.0. The fraction of sp³-hybridized carbons (Fsp3) is 0.389. The zero-order valence-electron chi connectivity index (χ0n) is 28.4. The number of aromatic nitrogens is 5. The summed E-state index contributed by atoms with van der Waals surface area (Å²) in [6.45, 7) is 2.85. The lowest BCUT2D eigenvalue weighted by molar-refractivity contribution is 0.0816. The van der Waals surface area contributed by atoms with Crippen LogP contribution < -0.4 is 10.1 Å². The van der Waals surface area contributed by atoms with Gasteiger partial charge in [0.05, 0.1) is 29.2 Å². The molecule has 2 aliphatic heterocycles. The molecule has 0 unspecified atom stereocenters. The molecule has 12 nitrogen and oxygen atoms in total. The molecule has 0 saturated carbocycles. The summed E-state index contributed by atoms with van der Waals surface area (Å²) in [4.78, 5) is 29.7. The van der Waals surface area contributed by atoms with Gasteiger partial charge in [0.2, 0.25) is 0 Å². The summed E-state index contributed by atoms with van der Waals surface area (Å²) in [6.07, 6.45) is 2.69. The third kappa shape index (κ3) is 6.13. The normalized spacial score (nSPS) is 18.6. The maximum atomic E-state index is 16.8. The summed E-state index contributed by atoms with van der Waals surface area (Å²) in [5, 5.41) is 28.6. The Kier molecular flexibility index (Phi) is 8.88. The maximum Gasteiger partial charge on any atom is 0.319 e. The van der Waals surface area contributed by atoms with Gasteiger partial charge in [-0.05, 0) is 66.4 Å². The van der Waals surface area contributed by atoms with Crippen molar-refractivity contribution in [1.29, 1.82) is 5.26 Å². The van der Waals surface area contributed by atoms with Crippen molar-refractivity contribution < 1.29 is 27.8 Å². The number of aryl methyl sites for hydroxylation is 1. The number of alkyl halides is 1. The third-order valence-corrected chi connectivity index (χ3v) is 9.77. The van der Waals surface area contributed by atoms with E-state index >= 15 is 4.39 Å². The van der Waals surface area contributed by atoms with Crippen LogP contribution in [0.3, 0.4) is 0 Å². The molecule has 2 atom stereocenters. The number of pyridine rings is 1. The second-order valence-electron chi connectivity index (χ2n) is 13.3. The van der Waals surface area contributed by atoms with E-state index in [1.165, 1.54) is 40.0 Å². The number of phenols is 1. The molecule has 1 amide bonds. The molecule has 7 rings (SSSR count). The van der Waals surface area contributed by atoms with Crippen LogP contribution in [0, 0.1) is 23.0 Å². The molecule has 0 spiro atoms. The van der Waals surface area contributed by atoms with Gasteiger partial charge in [-0.15, -0.1) is 0 Å². The minimum atomic E-state index is -0.977. The average Bonchev–Trinajstić information content (AvgIpc) is 3.78. The summed E-state index contributed by atoms with van der Waals surface area (Å²) in [7, 11) is 3.19. The maximum absolute atomic E-state index is 16.8. The third-order valence-electron chi connectivity index (χ3n) is 9.77. The number of carbonyl (C=O) groups is 1. The van der Waals surface area contributed by atoms with Crippen molar-refractivity contribution in [2.24, 2.45) is 0 Å². The highest BCUT2D eigenvalue weighted by atomic mass is 19.1. The van der Waals surface area contributed by atoms with Gasteiger partial charge < -0.3 is 20.1 Å². The van der Waals surface area contributed by atoms with Crippen molar-refractivity contribution in [3.05, 3.63) is 65.1 Å². The fourth-order valence-corrected chi connectivity index (χ4v) is 7.42. The molecular formula is C36H36F3N9O3. The number of anilines is 1. The van der Waals surface area contributed by atoms with Gasteiger partial charge in [0.1, 0.15) is 53.6 Å². The van der Waals surface area contributed by atoms with Crippen LogP contribution in [0.4, 0.5) is 19.0 Å². The number of carbonyl (C=O) groups excluding carboxylic acids is 1. The molecule has 2 N–H and O–H groups in total. The lowest BCUT2D eigenvalue weighted by atomic mass is 9.94. The SMILES string of the molecule is CCc1c(F)ccc2cc(O)cc(-c3ncc4c(NCc5cc(C(=O)N(C)C)n(CC#N)n5)nc(OC[C@@]56CCCN5C[C@H](F)C6)nc4c3F)c12. The van der Waals surface area contributed by atoms with Crippen LogP contribution in [0.5, 0.6) is 11.8 Å². The minimum absolute atomic E-state index is 0.0264. The van der Waals surface area contributed by atoms with Crippen LogP contribution >= 0.6 is 0 Å². The summed E-state index contributed by atoms with van der Waals surface area (Å²) in [5.74, 6) is -1.63. The molecule has 2 aliphatic rings. The summed E-state index contributed by atoms with van der Waals surface area (Å²) in [6, 6.07) is 9.08. The lowest BCUT2D eigenvalue weighted by Crippen LogP contribution is -2.43. The van der Waals surface area contributed by atoms with E-state index < -0.39 is 23.3 Å². The Hall–Kier alpha value is -5.49. The molecule has 0 aliphatic carbocycles. The summed E-state index contributed by atoms with van der Waals surface area (Å²) >= 11 is 0. The van der Waals surface area contributed by atoms with Crippen LogP contribution in [0.2, 0.25) is 0 Å². The van der Waals surface area contributed by atoms with Gasteiger partial charge in [-0.25, -0.2) is 17.9 Å². The first kappa shape index (κ1) is 34.0. The van der Waals surface area contributed by atoms with Crippen molar-refractivity contribution in [1.82, 2.24) is 34.5 Å². The van der Waals surface area contributed by atoms with Gasteiger partial charge in [-0.2, -0.15) is 20.3 Å². The number of phenolic OH excluding ortho intramolecular Hbond substituents is 1. The zero-order valence-corrected chi connectivity index (χ0v) is 28.4. The number of nitriles is 1. The predicted octanol–water partition coefficient (Wildman–Crippen LogP) is 5.38. The number of amides is 1. The number of rotatable bonds is 10. The van der Waals surface area contributed by atoms with Gasteiger partial charge in [0, 0.05) is 38.8 Å². The van der Waals surface area contributed by atoms with Gasteiger partial charge in [0.15, 0.2) is 5.82 Å². The van der Waals surface area contributed by atoms with Crippen molar-refractivity contribution in [2.75, 3.05) is 39.1 Å². The van der Waals surface area contributed by atoms with Crippen LogP contribution in [-0.2, 0) is 19.5 Å². The summed E-state index contributed by atoms with van der Waals surface area (Å²) < 4.78 is 53.8. The lowest BCUT2D eigenvalue weighted by Gasteiger charge is -2.30. The molecule has 2 fully saturated rings. The monoisotopic (exact) mass is 699 g/mol. The van der Waals surface area contributed by atoms with E-state index in [0.717, 1.165) is 19.4 Å². The first-order valence-corrected chi connectivity index (χ1v) is 16.7. The minimum Gasteiger partial charge on any atom is -0.508 e. The van der Waals surface area contributed by atoms with E-state index in [0.29, 0.717) is 41.4 Å². The Morgan fingerprint density at radius 3 is 2.82 bits per heavy atom. The second kappa shape index (κ2) is 13.3. The van der Waals surface area contributed by atoms with Crippen LogP contribution in [0.15, 0.2) is 36.5 Å². The quantitative estimate of drug-likeness (QED) is 0.195. The van der Waals surface area contributed by atoms with E-state index in [1.54, 1.807) is 27.1 Å². The van der Waals surface area contributed by atoms with Gasteiger partial charge in [-0.1, -0.05) is 13.0 Å². The second-order valence-corrected chi connectivity index (χ2v) is 13.3. The van der Waals surface area contributed by atoms with E-state index in [4.69, 9.17) is 4.74 Å². The number of ether oxygens (including phenoxy) is 1. The van der Waals surface area contributed by atoms with Gasteiger partial charge in [0.25, 0.3) is 5.91 Å². The van der Waals surface area contributed by atoms with E-state index in [2.05, 4.69) is 30.3 Å². The number of aromatic hydroxyl groups is 1. The largest absolute Gasteiger partial charge is 0.508 e. The molecule has 3 aromatic heterocycles. The molecule has 15 heteroatoms. The molecule has 5 heterocycles. The fourth-order valence-electron chi connectivity index (χ4n) is 7.42. The first-order valence-electron chi connectivity index (χ1n) is 16.7. The number of halogens is 3. The number of hydrogen-bond acceptors (Lipinski definition) is 10. The van der Waals surface area contributed by atoms with Gasteiger partial charge >= 0.3 is 6.01 Å². The first-order chi connectivity index (χ1) is 24.5. The molecule has 5 aromatic rings. The van der Waals surface area contributed by atoms with E-state index in [-0.39, 0.29) is 71.0 Å². The molecular weight excluding hydrogens is 663 g/mol. The molecule has 2 saturated heterocycles. The predicted molar refractivity (Wildman–Crippen MR) is 183 cm³/mol. The van der Waals surface area contributed by atoms with Crippen LogP contribution in [0.1, 0.15) is 47.9 Å². The average molecular weight is 700 g/mol. The van der Waals surface area contributed by atoms with Crippen LogP contribution in [0.25, 0.3) is 32.9 Å².